The minimum Gasteiger partial charge on any atom is -0.258 e. The van der Waals surface area contributed by atoms with Crippen LogP contribution in [0.4, 0.5) is 5.69 Å². The summed E-state index contributed by atoms with van der Waals surface area (Å²) in [5, 5.41) is 10.9. The normalized spacial score (nSPS) is 17.3. The van der Waals surface area contributed by atoms with Crippen molar-refractivity contribution in [2.24, 2.45) is 0 Å². The number of hydrogen-bond acceptors (Lipinski definition) is 4. The number of rotatable bonds is 5. The largest absolute Gasteiger partial charge is 0.289 e. The number of sulfonamides is 1. The highest BCUT2D eigenvalue weighted by molar-refractivity contribution is 7.89. The van der Waals surface area contributed by atoms with Crippen LogP contribution in [0.3, 0.4) is 0 Å². The Hall–Kier alpha value is -1.18. The Labute approximate surface area is 128 Å². The number of nitro benzene ring substituents is 1. The standard InChI is InChI=1S/C13H17ClN2O4S/c1-3-13(5-4-6-13)15-21(19,20)12-8-11(16(17)18)10(14)7-9(12)2/h7-8,15H,3-6H2,1-2H3. The van der Waals surface area contributed by atoms with Crippen molar-refractivity contribution >= 4 is 27.3 Å². The number of nitrogens with one attached hydrogen (secondary N) is 1. The van der Waals surface area contributed by atoms with Gasteiger partial charge in [-0.25, -0.2) is 13.1 Å². The topological polar surface area (TPSA) is 89.3 Å². The molecule has 0 saturated heterocycles. The molecule has 1 aromatic carbocycles. The van der Waals surface area contributed by atoms with E-state index in [9.17, 15) is 18.5 Å². The maximum atomic E-state index is 12.5. The van der Waals surface area contributed by atoms with Gasteiger partial charge in [-0.15, -0.1) is 0 Å². The second kappa shape index (κ2) is 5.55. The maximum Gasteiger partial charge on any atom is 0.289 e. The smallest absolute Gasteiger partial charge is 0.258 e. The van der Waals surface area contributed by atoms with Crippen molar-refractivity contribution in [3.63, 3.8) is 0 Å². The fraction of sp³-hybridized carbons (Fsp3) is 0.538. The van der Waals surface area contributed by atoms with Crippen LogP contribution in [0.25, 0.3) is 0 Å². The van der Waals surface area contributed by atoms with Crippen molar-refractivity contribution in [3.05, 3.63) is 32.8 Å². The molecule has 1 aliphatic rings. The lowest BCUT2D eigenvalue weighted by Crippen LogP contribution is -2.52. The van der Waals surface area contributed by atoms with E-state index in [1.165, 1.54) is 6.07 Å². The van der Waals surface area contributed by atoms with Crippen LogP contribution in [-0.2, 0) is 10.0 Å². The van der Waals surface area contributed by atoms with Crippen molar-refractivity contribution < 1.29 is 13.3 Å². The quantitative estimate of drug-likeness (QED) is 0.662. The number of hydrogen-bond donors (Lipinski definition) is 1. The van der Waals surface area contributed by atoms with Crippen LogP contribution in [0.2, 0.25) is 5.02 Å². The molecule has 1 aliphatic carbocycles. The van der Waals surface area contributed by atoms with Gasteiger partial charge in [-0.1, -0.05) is 18.5 Å². The van der Waals surface area contributed by atoms with E-state index >= 15 is 0 Å². The van der Waals surface area contributed by atoms with Crippen molar-refractivity contribution in [2.75, 3.05) is 0 Å². The van der Waals surface area contributed by atoms with E-state index in [1.807, 2.05) is 6.92 Å². The zero-order valence-electron chi connectivity index (χ0n) is 11.8. The molecule has 1 N–H and O–H groups in total. The fourth-order valence-electron chi connectivity index (χ4n) is 2.54. The molecule has 0 unspecified atom stereocenters. The number of halogens is 1. The summed E-state index contributed by atoms with van der Waals surface area (Å²) in [4.78, 5) is 10.2. The van der Waals surface area contributed by atoms with Crippen LogP contribution >= 0.6 is 11.6 Å². The third kappa shape index (κ3) is 3.04. The Morgan fingerprint density at radius 2 is 2.05 bits per heavy atom. The van der Waals surface area contributed by atoms with Crippen molar-refractivity contribution in [1.82, 2.24) is 4.72 Å². The second-order valence-corrected chi connectivity index (χ2v) is 7.48. The molecule has 0 heterocycles. The van der Waals surface area contributed by atoms with Crippen LogP contribution in [0.5, 0.6) is 0 Å². The maximum absolute atomic E-state index is 12.5. The van der Waals surface area contributed by atoms with Crippen molar-refractivity contribution in [3.8, 4) is 0 Å². The average Bonchev–Trinajstić information content (AvgIpc) is 2.33. The lowest BCUT2D eigenvalue weighted by molar-refractivity contribution is -0.384. The van der Waals surface area contributed by atoms with Crippen molar-refractivity contribution in [2.45, 2.75) is 50.0 Å². The zero-order chi connectivity index (χ0) is 15.8. The van der Waals surface area contributed by atoms with Crippen LogP contribution in [0, 0.1) is 17.0 Å². The highest BCUT2D eigenvalue weighted by atomic mass is 35.5. The molecule has 0 radical (unpaired) electrons. The number of benzene rings is 1. The van der Waals surface area contributed by atoms with Gasteiger partial charge in [-0.2, -0.15) is 0 Å². The molecule has 0 aromatic heterocycles. The Kier molecular flexibility index (Phi) is 4.28. The fourth-order valence-corrected chi connectivity index (χ4v) is 4.61. The average molecular weight is 333 g/mol. The first-order chi connectivity index (χ1) is 9.71. The molecule has 2 rings (SSSR count). The molecule has 8 heteroatoms. The predicted octanol–water partition coefficient (Wildman–Crippen LogP) is 3.17. The Balaban J connectivity index is 2.45. The molecule has 0 atom stereocenters. The minimum atomic E-state index is -3.81. The van der Waals surface area contributed by atoms with Gasteiger partial charge >= 0.3 is 0 Å². The molecule has 0 amide bonds. The van der Waals surface area contributed by atoms with E-state index in [1.54, 1.807) is 6.92 Å². The Morgan fingerprint density at radius 1 is 1.43 bits per heavy atom. The van der Waals surface area contributed by atoms with E-state index in [2.05, 4.69) is 4.72 Å². The third-order valence-corrected chi connectivity index (χ3v) is 6.09. The molecule has 6 nitrogen and oxygen atoms in total. The molecule has 0 spiro atoms. The summed E-state index contributed by atoms with van der Waals surface area (Å²) in [5.74, 6) is 0. The third-order valence-electron chi connectivity index (χ3n) is 4.07. The molecule has 0 bridgehead atoms. The Bertz CT molecular complexity index is 678. The van der Waals surface area contributed by atoms with E-state index in [4.69, 9.17) is 11.6 Å². The predicted molar refractivity (Wildman–Crippen MR) is 80.0 cm³/mol. The van der Waals surface area contributed by atoms with E-state index in [0.717, 1.165) is 25.3 Å². The monoisotopic (exact) mass is 332 g/mol. The highest BCUT2D eigenvalue weighted by Gasteiger charge is 2.39. The lowest BCUT2D eigenvalue weighted by atomic mass is 9.76. The number of nitrogens with zero attached hydrogens (tertiary/aromatic N) is 1. The molecular formula is C13H17ClN2O4S. The molecule has 0 aliphatic heterocycles. The minimum absolute atomic E-state index is 0.0645. The van der Waals surface area contributed by atoms with Crippen LogP contribution in [0.15, 0.2) is 17.0 Å². The van der Waals surface area contributed by atoms with E-state index in [0.29, 0.717) is 12.0 Å². The van der Waals surface area contributed by atoms with Crippen LogP contribution in [0.1, 0.15) is 38.2 Å². The number of aryl methyl sites for hydroxylation is 1. The first-order valence-electron chi connectivity index (χ1n) is 6.69. The van der Waals surface area contributed by atoms with E-state index in [-0.39, 0.29) is 9.92 Å². The van der Waals surface area contributed by atoms with Gasteiger partial charge in [0.1, 0.15) is 5.02 Å². The van der Waals surface area contributed by atoms with Gasteiger partial charge in [-0.05, 0) is 44.2 Å². The molecular weight excluding hydrogens is 316 g/mol. The van der Waals surface area contributed by atoms with Gasteiger partial charge in [0, 0.05) is 11.6 Å². The van der Waals surface area contributed by atoms with Gasteiger partial charge in [-0.3, -0.25) is 10.1 Å². The first kappa shape index (κ1) is 16.2. The second-order valence-electron chi connectivity index (χ2n) is 5.42. The zero-order valence-corrected chi connectivity index (χ0v) is 13.4. The van der Waals surface area contributed by atoms with Crippen LogP contribution in [-0.4, -0.2) is 18.9 Å². The van der Waals surface area contributed by atoms with E-state index < -0.39 is 26.2 Å². The van der Waals surface area contributed by atoms with Gasteiger partial charge in [0.15, 0.2) is 0 Å². The van der Waals surface area contributed by atoms with Crippen LogP contribution < -0.4 is 4.72 Å². The number of nitro groups is 1. The first-order valence-corrected chi connectivity index (χ1v) is 8.55. The summed E-state index contributed by atoms with van der Waals surface area (Å²) >= 11 is 5.79. The summed E-state index contributed by atoms with van der Waals surface area (Å²) < 4.78 is 27.8. The molecule has 1 fully saturated rings. The molecule has 1 aromatic rings. The molecule has 1 saturated carbocycles. The molecule has 116 valence electrons. The Morgan fingerprint density at radius 3 is 2.48 bits per heavy atom. The lowest BCUT2D eigenvalue weighted by Gasteiger charge is -2.41. The summed E-state index contributed by atoms with van der Waals surface area (Å²) in [7, 11) is -3.81. The van der Waals surface area contributed by atoms with Gasteiger partial charge < -0.3 is 0 Å². The van der Waals surface area contributed by atoms with Gasteiger partial charge in [0.05, 0.1) is 9.82 Å². The summed E-state index contributed by atoms with van der Waals surface area (Å²) in [6.45, 7) is 3.50. The SMILES string of the molecule is CCC1(NS(=O)(=O)c2cc([N+](=O)[O-])c(Cl)cc2C)CCC1. The molecule has 21 heavy (non-hydrogen) atoms. The van der Waals surface area contributed by atoms with Crippen molar-refractivity contribution in [1.29, 1.82) is 0 Å². The summed E-state index contributed by atoms with van der Waals surface area (Å²) in [5.41, 5.74) is -0.426. The van der Waals surface area contributed by atoms with Gasteiger partial charge in [0.25, 0.3) is 5.69 Å². The van der Waals surface area contributed by atoms with Gasteiger partial charge in [0.2, 0.25) is 10.0 Å². The highest BCUT2D eigenvalue weighted by Crippen LogP contribution is 2.37. The summed E-state index contributed by atoms with van der Waals surface area (Å²) in [6.07, 6.45) is 3.26. The summed E-state index contributed by atoms with van der Waals surface area (Å²) in [6, 6.07) is 2.34.